The van der Waals surface area contributed by atoms with Gasteiger partial charge in [0.1, 0.15) is 5.82 Å². The van der Waals surface area contributed by atoms with Crippen LogP contribution in [-0.2, 0) is 4.79 Å². The number of pyridine rings is 1. The second-order valence-corrected chi connectivity index (χ2v) is 6.69. The predicted octanol–water partition coefficient (Wildman–Crippen LogP) is 3.04. The average Bonchev–Trinajstić information content (AvgIpc) is 2.73. The lowest BCUT2D eigenvalue weighted by molar-refractivity contribution is -0.118. The van der Waals surface area contributed by atoms with Gasteiger partial charge in [-0.2, -0.15) is 9.78 Å². The van der Waals surface area contributed by atoms with Crippen molar-refractivity contribution in [3.8, 4) is 11.5 Å². The number of nitrogen functional groups attached to an aromatic ring is 1. The highest BCUT2D eigenvalue weighted by Crippen LogP contribution is 2.28. The van der Waals surface area contributed by atoms with Crippen LogP contribution in [0.4, 0.5) is 11.5 Å². The summed E-state index contributed by atoms with van der Waals surface area (Å²) in [5.74, 6) is 0.849. The first-order chi connectivity index (χ1) is 15.0. The van der Waals surface area contributed by atoms with Crippen molar-refractivity contribution < 1.29 is 14.3 Å². The fourth-order valence-corrected chi connectivity index (χ4v) is 2.82. The van der Waals surface area contributed by atoms with E-state index in [0.29, 0.717) is 29.4 Å². The lowest BCUT2D eigenvalue weighted by Crippen LogP contribution is -2.20. The van der Waals surface area contributed by atoms with Crippen molar-refractivity contribution in [1.29, 1.82) is 0 Å². The van der Waals surface area contributed by atoms with Gasteiger partial charge in [0.15, 0.2) is 18.1 Å². The van der Waals surface area contributed by atoms with Gasteiger partial charge in [0.05, 0.1) is 12.8 Å². The van der Waals surface area contributed by atoms with Gasteiger partial charge in [-0.15, -0.1) is 0 Å². The number of para-hydroxylation sites is 1. The molecule has 160 valence electrons. The van der Waals surface area contributed by atoms with Crippen LogP contribution in [0.3, 0.4) is 0 Å². The summed E-state index contributed by atoms with van der Waals surface area (Å²) in [7, 11) is 0. The Morgan fingerprint density at radius 3 is 2.58 bits per heavy atom. The number of carbonyl (C=O) groups excluding carboxylic acids is 1. The molecule has 0 spiro atoms. The number of carbonyl (C=O) groups is 1. The minimum absolute atomic E-state index is 0.169. The number of amides is 1. The van der Waals surface area contributed by atoms with Crippen LogP contribution in [0.2, 0.25) is 0 Å². The van der Waals surface area contributed by atoms with Crippen LogP contribution in [0.25, 0.3) is 0 Å². The van der Waals surface area contributed by atoms with Gasteiger partial charge < -0.3 is 20.5 Å². The minimum atomic E-state index is -0.317. The SMILES string of the molecule is CCOc1cc(/C=N\n2c(N)cc(C)cc2=O)ccc1OCC(=O)Nc1ccccc1. The second kappa shape index (κ2) is 10.1. The van der Waals surface area contributed by atoms with E-state index in [1.807, 2.05) is 25.1 Å². The van der Waals surface area contributed by atoms with Crippen molar-refractivity contribution in [1.82, 2.24) is 4.68 Å². The van der Waals surface area contributed by atoms with Crippen molar-refractivity contribution in [3.05, 3.63) is 82.1 Å². The highest BCUT2D eigenvalue weighted by molar-refractivity contribution is 5.91. The van der Waals surface area contributed by atoms with Crippen LogP contribution >= 0.6 is 0 Å². The van der Waals surface area contributed by atoms with E-state index in [-0.39, 0.29) is 23.9 Å². The number of anilines is 2. The number of ether oxygens (including phenoxy) is 2. The zero-order chi connectivity index (χ0) is 22.2. The molecule has 3 N–H and O–H groups in total. The Morgan fingerprint density at radius 2 is 1.87 bits per heavy atom. The number of nitrogens with one attached hydrogen (secondary N) is 1. The molecule has 0 fully saturated rings. The number of aromatic nitrogens is 1. The minimum Gasteiger partial charge on any atom is -0.490 e. The van der Waals surface area contributed by atoms with E-state index in [0.717, 1.165) is 10.2 Å². The van der Waals surface area contributed by atoms with Crippen LogP contribution < -0.4 is 26.1 Å². The Hall–Kier alpha value is -4.07. The van der Waals surface area contributed by atoms with Crippen LogP contribution in [0.15, 0.2) is 70.6 Å². The predicted molar refractivity (Wildman–Crippen MR) is 121 cm³/mol. The number of nitrogens with two attached hydrogens (primary N) is 1. The summed E-state index contributed by atoms with van der Waals surface area (Å²) < 4.78 is 12.4. The lowest BCUT2D eigenvalue weighted by atomic mass is 10.2. The number of rotatable bonds is 8. The van der Waals surface area contributed by atoms with Crippen molar-refractivity contribution in [2.45, 2.75) is 13.8 Å². The maximum absolute atomic E-state index is 12.1. The number of aryl methyl sites for hydroxylation is 1. The molecular formula is C23H24N4O4. The lowest BCUT2D eigenvalue weighted by Gasteiger charge is -2.12. The first-order valence-electron chi connectivity index (χ1n) is 9.74. The van der Waals surface area contributed by atoms with Crippen molar-refractivity contribution >= 4 is 23.6 Å². The van der Waals surface area contributed by atoms with E-state index in [4.69, 9.17) is 15.2 Å². The molecule has 1 aromatic heterocycles. The molecule has 3 aromatic rings. The van der Waals surface area contributed by atoms with Gasteiger partial charge in [-0.3, -0.25) is 9.59 Å². The van der Waals surface area contributed by atoms with Gasteiger partial charge in [-0.25, -0.2) is 0 Å². The van der Waals surface area contributed by atoms with Crippen molar-refractivity contribution in [3.63, 3.8) is 0 Å². The molecule has 3 rings (SSSR count). The van der Waals surface area contributed by atoms with E-state index in [1.165, 1.54) is 12.3 Å². The van der Waals surface area contributed by atoms with Gasteiger partial charge >= 0.3 is 0 Å². The van der Waals surface area contributed by atoms with Crippen molar-refractivity contribution in [2.75, 3.05) is 24.3 Å². The van der Waals surface area contributed by atoms with E-state index >= 15 is 0 Å². The number of benzene rings is 2. The Bertz CT molecular complexity index is 1140. The Labute approximate surface area is 179 Å². The molecule has 0 aliphatic carbocycles. The quantitative estimate of drug-likeness (QED) is 0.545. The maximum Gasteiger partial charge on any atom is 0.273 e. The summed E-state index contributed by atoms with van der Waals surface area (Å²) in [5, 5.41) is 6.92. The zero-order valence-corrected chi connectivity index (χ0v) is 17.4. The fourth-order valence-electron chi connectivity index (χ4n) is 2.82. The summed E-state index contributed by atoms with van der Waals surface area (Å²) in [6.45, 7) is 3.88. The summed E-state index contributed by atoms with van der Waals surface area (Å²) in [4.78, 5) is 24.2. The molecule has 0 bridgehead atoms. The topological polar surface area (TPSA) is 108 Å². The van der Waals surface area contributed by atoms with Crippen LogP contribution in [0.1, 0.15) is 18.1 Å². The fraction of sp³-hybridized carbons (Fsp3) is 0.174. The molecule has 0 saturated heterocycles. The molecule has 1 amide bonds. The average molecular weight is 420 g/mol. The smallest absolute Gasteiger partial charge is 0.273 e. The molecule has 0 aliphatic heterocycles. The van der Waals surface area contributed by atoms with Crippen LogP contribution in [0, 0.1) is 6.92 Å². The van der Waals surface area contributed by atoms with E-state index in [1.54, 1.807) is 43.3 Å². The molecule has 1 heterocycles. The molecule has 0 unspecified atom stereocenters. The summed E-state index contributed by atoms with van der Waals surface area (Å²) in [5.41, 5.74) is 7.70. The van der Waals surface area contributed by atoms with E-state index in [9.17, 15) is 9.59 Å². The Balaban J connectivity index is 1.72. The monoisotopic (exact) mass is 420 g/mol. The number of hydrogen-bond acceptors (Lipinski definition) is 6. The van der Waals surface area contributed by atoms with Gasteiger partial charge in [0.2, 0.25) is 0 Å². The van der Waals surface area contributed by atoms with Crippen LogP contribution in [-0.4, -0.2) is 30.0 Å². The third-order valence-corrected chi connectivity index (χ3v) is 4.19. The van der Waals surface area contributed by atoms with Gasteiger partial charge in [-0.1, -0.05) is 18.2 Å². The van der Waals surface area contributed by atoms with E-state index in [2.05, 4.69) is 10.4 Å². The molecule has 0 saturated carbocycles. The number of nitrogens with zero attached hydrogens (tertiary/aromatic N) is 2. The summed E-state index contributed by atoms with van der Waals surface area (Å²) in [6, 6.07) is 17.4. The van der Waals surface area contributed by atoms with Gasteiger partial charge in [0, 0.05) is 11.8 Å². The molecule has 0 radical (unpaired) electrons. The third-order valence-electron chi connectivity index (χ3n) is 4.19. The standard InChI is InChI=1S/C23H24N4O4/c1-3-30-20-13-17(14-25-27-21(24)11-16(2)12-23(27)29)9-10-19(20)31-15-22(28)26-18-7-5-4-6-8-18/h4-14H,3,15,24H2,1-2H3,(H,26,28)/b25-14-. The number of hydrogen-bond donors (Lipinski definition) is 2. The molecule has 8 nitrogen and oxygen atoms in total. The maximum atomic E-state index is 12.1. The molecule has 0 aliphatic rings. The van der Waals surface area contributed by atoms with Crippen molar-refractivity contribution in [2.24, 2.45) is 5.10 Å². The normalized spacial score (nSPS) is 10.8. The Kier molecular flexibility index (Phi) is 7.05. The largest absolute Gasteiger partial charge is 0.490 e. The zero-order valence-electron chi connectivity index (χ0n) is 17.4. The molecule has 2 aromatic carbocycles. The highest BCUT2D eigenvalue weighted by atomic mass is 16.5. The van der Waals surface area contributed by atoms with E-state index < -0.39 is 0 Å². The summed E-state index contributed by atoms with van der Waals surface area (Å²) in [6.07, 6.45) is 1.50. The molecule has 8 heteroatoms. The first-order valence-corrected chi connectivity index (χ1v) is 9.74. The highest BCUT2D eigenvalue weighted by Gasteiger charge is 2.09. The third kappa shape index (κ3) is 5.96. The molecular weight excluding hydrogens is 396 g/mol. The second-order valence-electron chi connectivity index (χ2n) is 6.69. The molecule has 0 atom stereocenters. The first kappa shape index (κ1) is 21.6. The van der Waals surface area contributed by atoms with Gasteiger partial charge in [-0.05, 0) is 61.4 Å². The van der Waals surface area contributed by atoms with Gasteiger partial charge in [0.25, 0.3) is 11.5 Å². The van der Waals surface area contributed by atoms with Crippen LogP contribution in [0.5, 0.6) is 11.5 Å². The molecule has 31 heavy (non-hydrogen) atoms. The Morgan fingerprint density at radius 1 is 1.10 bits per heavy atom. The summed E-state index contributed by atoms with van der Waals surface area (Å²) >= 11 is 0.